The summed E-state index contributed by atoms with van der Waals surface area (Å²) >= 11 is 0. The van der Waals surface area contributed by atoms with Crippen molar-refractivity contribution in [2.45, 2.75) is 32.4 Å². The van der Waals surface area contributed by atoms with Crippen molar-refractivity contribution in [3.8, 4) is 0 Å². The fourth-order valence-electron chi connectivity index (χ4n) is 2.49. The van der Waals surface area contributed by atoms with Crippen molar-refractivity contribution < 1.29 is 4.74 Å². The topological polar surface area (TPSA) is 38.5 Å². The highest BCUT2D eigenvalue weighted by Crippen LogP contribution is 2.18. The second-order valence-electron chi connectivity index (χ2n) is 5.67. The standard InChI is InChI=1S/C15H24N2O/c1-15(2)12-17(9-10-18-15)11-14-5-3-13(4-6-14)7-8-16/h3-6H,7-12,16H2,1-2H3. The van der Waals surface area contributed by atoms with Crippen molar-refractivity contribution in [1.82, 2.24) is 4.90 Å². The third-order valence-electron chi connectivity index (χ3n) is 3.37. The second kappa shape index (κ2) is 5.83. The number of hydrogen-bond donors (Lipinski definition) is 1. The molecule has 0 aliphatic carbocycles. The molecule has 3 nitrogen and oxygen atoms in total. The predicted octanol–water partition coefficient (Wildman–Crippen LogP) is 1.80. The first-order valence-corrected chi connectivity index (χ1v) is 6.73. The van der Waals surface area contributed by atoms with Crippen LogP contribution >= 0.6 is 0 Å². The Morgan fingerprint density at radius 1 is 1.22 bits per heavy atom. The van der Waals surface area contributed by atoms with Gasteiger partial charge in [-0.3, -0.25) is 4.90 Å². The van der Waals surface area contributed by atoms with E-state index in [-0.39, 0.29) is 5.60 Å². The van der Waals surface area contributed by atoms with Crippen LogP contribution in [0.25, 0.3) is 0 Å². The van der Waals surface area contributed by atoms with Crippen LogP contribution in [0.5, 0.6) is 0 Å². The Hall–Kier alpha value is -0.900. The first-order chi connectivity index (χ1) is 8.59. The van der Waals surface area contributed by atoms with E-state index in [4.69, 9.17) is 10.5 Å². The average Bonchev–Trinajstić information content (AvgIpc) is 2.31. The predicted molar refractivity (Wildman–Crippen MR) is 74.5 cm³/mol. The van der Waals surface area contributed by atoms with Gasteiger partial charge in [0.2, 0.25) is 0 Å². The van der Waals surface area contributed by atoms with Gasteiger partial charge in [0.15, 0.2) is 0 Å². The minimum Gasteiger partial charge on any atom is -0.373 e. The van der Waals surface area contributed by atoms with Gasteiger partial charge < -0.3 is 10.5 Å². The fourth-order valence-corrected chi connectivity index (χ4v) is 2.49. The molecule has 100 valence electrons. The first-order valence-electron chi connectivity index (χ1n) is 6.73. The number of ether oxygens (including phenoxy) is 1. The Morgan fingerprint density at radius 2 is 1.89 bits per heavy atom. The minimum atomic E-state index is -0.0161. The highest BCUT2D eigenvalue weighted by molar-refractivity contribution is 5.22. The van der Waals surface area contributed by atoms with E-state index in [0.29, 0.717) is 0 Å². The molecule has 3 heteroatoms. The lowest BCUT2D eigenvalue weighted by atomic mass is 10.1. The Bertz CT molecular complexity index is 373. The van der Waals surface area contributed by atoms with E-state index < -0.39 is 0 Å². The summed E-state index contributed by atoms with van der Waals surface area (Å²) in [6.45, 7) is 8.89. The van der Waals surface area contributed by atoms with Crippen molar-refractivity contribution in [1.29, 1.82) is 0 Å². The summed E-state index contributed by atoms with van der Waals surface area (Å²) in [6.07, 6.45) is 0.963. The normalized spacial score (nSPS) is 19.9. The molecule has 0 bridgehead atoms. The molecule has 0 saturated carbocycles. The summed E-state index contributed by atoms with van der Waals surface area (Å²) in [5.41, 5.74) is 8.23. The van der Waals surface area contributed by atoms with Gasteiger partial charge in [-0.25, -0.2) is 0 Å². The fraction of sp³-hybridized carbons (Fsp3) is 0.600. The van der Waals surface area contributed by atoms with Crippen LogP contribution in [0.2, 0.25) is 0 Å². The summed E-state index contributed by atoms with van der Waals surface area (Å²) in [6, 6.07) is 8.81. The summed E-state index contributed by atoms with van der Waals surface area (Å²) in [7, 11) is 0. The molecule has 18 heavy (non-hydrogen) atoms. The average molecular weight is 248 g/mol. The molecular weight excluding hydrogens is 224 g/mol. The molecular formula is C15H24N2O. The van der Waals surface area contributed by atoms with Gasteiger partial charge >= 0.3 is 0 Å². The zero-order chi connectivity index (χ0) is 13.0. The van der Waals surface area contributed by atoms with Crippen LogP contribution in [0.3, 0.4) is 0 Å². The first kappa shape index (κ1) is 13.5. The Balaban J connectivity index is 1.92. The lowest BCUT2D eigenvalue weighted by Gasteiger charge is -2.38. The number of nitrogens with two attached hydrogens (primary N) is 1. The molecule has 2 rings (SSSR count). The molecule has 0 amide bonds. The van der Waals surface area contributed by atoms with E-state index in [0.717, 1.165) is 39.2 Å². The van der Waals surface area contributed by atoms with Gasteiger partial charge in [-0.15, -0.1) is 0 Å². The van der Waals surface area contributed by atoms with Crippen molar-refractivity contribution in [3.63, 3.8) is 0 Å². The van der Waals surface area contributed by atoms with Gasteiger partial charge in [-0.05, 0) is 37.9 Å². The summed E-state index contributed by atoms with van der Waals surface area (Å²) in [4.78, 5) is 2.46. The Kier molecular flexibility index (Phi) is 4.38. The van der Waals surface area contributed by atoms with Gasteiger partial charge in [-0.2, -0.15) is 0 Å². The van der Waals surface area contributed by atoms with E-state index >= 15 is 0 Å². The number of benzene rings is 1. The van der Waals surface area contributed by atoms with Crippen LogP contribution in [-0.2, 0) is 17.7 Å². The molecule has 0 radical (unpaired) electrons. The number of hydrogen-bond acceptors (Lipinski definition) is 3. The van der Waals surface area contributed by atoms with Crippen LogP contribution in [0, 0.1) is 0 Å². The maximum atomic E-state index is 5.73. The highest BCUT2D eigenvalue weighted by atomic mass is 16.5. The van der Waals surface area contributed by atoms with Gasteiger partial charge in [-0.1, -0.05) is 24.3 Å². The zero-order valence-corrected chi connectivity index (χ0v) is 11.5. The lowest BCUT2D eigenvalue weighted by Crippen LogP contribution is -2.47. The van der Waals surface area contributed by atoms with E-state index in [1.165, 1.54) is 11.1 Å². The van der Waals surface area contributed by atoms with Crippen molar-refractivity contribution in [2.24, 2.45) is 5.73 Å². The summed E-state index contributed by atoms with van der Waals surface area (Å²) < 4.78 is 5.73. The molecule has 2 N–H and O–H groups in total. The monoisotopic (exact) mass is 248 g/mol. The molecule has 0 atom stereocenters. The van der Waals surface area contributed by atoms with Crippen LogP contribution < -0.4 is 5.73 Å². The molecule has 1 aliphatic rings. The zero-order valence-electron chi connectivity index (χ0n) is 11.5. The molecule has 0 unspecified atom stereocenters. The van der Waals surface area contributed by atoms with E-state index in [9.17, 15) is 0 Å². The van der Waals surface area contributed by atoms with Gasteiger partial charge in [0.05, 0.1) is 12.2 Å². The van der Waals surface area contributed by atoms with Gasteiger partial charge in [0, 0.05) is 19.6 Å². The Morgan fingerprint density at radius 3 is 2.50 bits per heavy atom. The minimum absolute atomic E-state index is 0.0161. The lowest BCUT2D eigenvalue weighted by molar-refractivity contribution is -0.0882. The van der Waals surface area contributed by atoms with Crippen LogP contribution in [0.1, 0.15) is 25.0 Å². The van der Waals surface area contributed by atoms with Crippen LogP contribution in [0.15, 0.2) is 24.3 Å². The maximum absolute atomic E-state index is 5.73. The molecule has 0 aromatic heterocycles. The SMILES string of the molecule is CC1(C)CN(Cc2ccc(CCN)cc2)CCO1. The number of morpholine rings is 1. The van der Waals surface area contributed by atoms with Gasteiger partial charge in [0.25, 0.3) is 0 Å². The number of nitrogens with zero attached hydrogens (tertiary/aromatic N) is 1. The summed E-state index contributed by atoms with van der Waals surface area (Å²) in [5.74, 6) is 0. The summed E-state index contributed by atoms with van der Waals surface area (Å²) in [5, 5.41) is 0. The molecule has 0 spiro atoms. The van der Waals surface area contributed by atoms with Crippen molar-refractivity contribution >= 4 is 0 Å². The largest absolute Gasteiger partial charge is 0.373 e. The van der Waals surface area contributed by atoms with E-state index in [2.05, 4.69) is 43.0 Å². The van der Waals surface area contributed by atoms with Gasteiger partial charge in [0.1, 0.15) is 0 Å². The van der Waals surface area contributed by atoms with Crippen molar-refractivity contribution in [2.75, 3.05) is 26.2 Å². The molecule has 1 fully saturated rings. The highest BCUT2D eigenvalue weighted by Gasteiger charge is 2.26. The second-order valence-corrected chi connectivity index (χ2v) is 5.67. The maximum Gasteiger partial charge on any atom is 0.0753 e. The molecule has 1 aromatic rings. The molecule has 1 saturated heterocycles. The van der Waals surface area contributed by atoms with Crippen molar-refractivity contribution in [3.05, 3.63) is 35.4 Å². The van der Waals surface area contributed by atoms with E-state index in [1.54, 1.807) is 0 Å². The third-order valence-corrected chi connectivity index (χ3v) is 3.37. The molecule has 1 aromatic carbocycles. The molecule has 1 aliphatic heterocycles. The quantitative estimate of drug-likeness (QED) is 0.883. The molecule has 1 heterocycles. The van der Waals surface area contributed by atoms with Crippen LogP contribution in [0.4, 0.5) is 0 Å². The number of rotatable bonds is 4. The van der Waals surface area contributed by atoms with Crippen LogP contribution in [-0.4, -0.2) is 36.7 Å². The smallest absolute Gasteiger partial charge is 0.0753 e. The Labute approximate surface area is 110 Å². The van der Waals surface area contributed by atoms with E-state index in [1.807, 2.05) is 0 Å². The third kappa shape index (κ3) is 3.80.